The van der Waals surface area contributed by atoms with Gasteiger partial charge in [0.25, 0.3) is 0 Å². The zero-order valence-corrected chi connectivity index (χ0v) is 26.3. The van der Waals surface area contributed by atoms with Crippen LogP contribution in [0.1, 0.15) is 95.1 Å². The molecule has 9 aliphatic rings. The second-order valence-electron chi connectivity index (χ2n) is 15.4. The maximum Gasteiger partial charge on any atom is 0.149 e. The van der Waals surface area contributed by atoms with Crippen LogP contribution in [-0.2, 0) is 5.16 Å². The van der Waals surface area contributed by atoms with Crippen molar-refractivity contribution in [2.24, 2.45) is 35.5 Å². The summed E-state index contributed by atoms with van der Waals surface area (Å²) in [5, 5.41) is 0.659. The standard InChI is InChI=1S/C35H44N4P2/c40-35(31-36-6-2-7-37-31,32-38-8-3-9-39-32)30-5-1-4-29(30)22-41(33-16-23-10-24(17-33)12-25(11-23)18-33)34-19-26-13-27(20-34)15-28(14-26)21-34/h1-4,6-9,23-28H,5,10-22,40H2. The SMILES string of the molecule is PC(C1=C(CP(C23CC4CC(CC(C4)C2)C3)C23CC4CC(CC(C4)C2)C3)C=CC1)(c1ncccn1)c1ncccn1. The largest absolute Gasteiger partial charge is 0.240 e. The van der Waals surface area contributed by atoms with E-state index in [-0.39, 0.29) is 7.92 Å². The molecule has 0 aromatic carbocycles. The molecule has 8 bridgehead atoms. The molecule has 9 aliphatic carbocycles. The summed E-state index contributed by atoms with van der Waals surface area (Å²) in [6.45, 7) is 0. The van der Waals surface area contributed by atoms with Gasteiger partial charge in [0.2, 0.25) is 0 Å². The van der Waals surface area contributed by atoms with Crippen LogP contribution in [0.4, 0.5) is 0 Å². The lowest BCUT2D eigenvalue weighted by Crippen LogP contribution is -2.57. The van der Waals surface area contributed by atoms with E-state index < -0.39 is 5.16 Å². The van der Waals surface area contributed by atoms with Gasteiger partial charge < -0.3 is 0 Å². The van der Waals surface area contributed by atoms with E-state index in [0.717, 1.165) is 53.6 Å². The van der Waals surface area contributed by atoms with E-state index in [1.165, 1.54) is 11.7 Å². The van der Waals surface area contributed by atoms with Gasteiger partial charge in [-0.25, -0.2) is 19.9 Å². The number of hydrogen-bond acceptors (Lipinski definition) is 4. The zero-order chi connectivity index (χ0) is 27.2. The lowest BCUT2D eigenvalue weighted by molar-refractivity contribution is 0.0187. The molecule has 0 amide bonds. The Kier molecular flexibility index (Phi) is 6.01. The van der Waals surface area contributed by atoms with Gasteiger partial charge in [0, 0.05) is 24.8 Å². The Morgan fingerprint density at radius 1 is 0.659 bits per heavy atom. The number of rotatable bonds is 7. The summed E-state index contributed by atoms with van der Waals surface area (Å²) in [5.41, 5.74) is 3.01. The molecule has 4 nitrogen and oxygen atoms in total. The predicted molar refractivity (Wildman–Crippen MR) is 169 cm³/mol. The first kappa shape index (κ1) is 25.9. The highest BCUT2D eigenvalue weighted by atomic mass is 31.1. The first-order chi connectivity index (χ1) is 20.0. The van der Waals surface area contributed by atoms with Crippen molar-refractivity contribution in [1.82, 2.24) is 19.9 Å². The summed E-state index contributed by atoms with van der Waals surface area (Å²) in [6.07, 6.45) is 33.3. The Balaban J connectivity index is 1.18. The van der Waals surface area contributed by atoms with Crippen molar-refractivity contribution in [3.63, 3.8) is 0 Å². The van der Waals surface area contributed by atoms with Crippen molar-refractivity contribution >= 4 is 17.2 Å². The maximum atomic E-state index is 4.83. The third-order valence-corrected chi connectivity index (χ3v) is 17.7. The van der Waals surface area contributed by atoms with Gasteiger partial charge in [-0.15, -0.1) is 9.24 Å². The Bertz CT molecular complexity index is 1230. The molecule has 2 aromatic rings. The van der Waals surface area contributed by atoms with E-state index in [0.29, 0.717) is 10.3 Å². The summed E-state index contributed by atoms with van der Waals surface area (Å²) in [7, 11) is 3.04. The Morgan fingerprint density at radius 3 is 1.44 bits per heavy atom. The Hall–Kier alpha value is -1.50. The molecule has 2 aromatic heterocycles. The average Bonchev–Trinajstić information content (AvgIpc) is 3.44. The first-order valence-corrected chi connectivity index (χ1v) is 18.6. The highest BCUT2D eigenvalue weighted by Crippen LogP contribution is 2.79. The molecule has 0 N–H and O–H groups in total. The summed E-state index contributed by atoms with van der Waals surface area (Å²) >= 11 is 0. The highest BCUT2D eigenvalue weighted by molar-refractivity contribution is 7.61. The molecular formula is C35H44N4P2. The lowest BCUT2D eigenvalue weighted by Gasteiger charge is -2.67. The smallest absolute Gasteiger partial charge is 0.149 e. The number of allylic oxidation sites excluding steroid dienone is 4. The molecule has 6 heteroatoms. The molecule has 8 saturated carbocycles. The molecule has 8 fully saturated rings. The van der Waals surface area contributed by atoms with Crippen LogP contribution in [0.25, 0.3) is 0 Å². The number of nitrogens with zero attached hydrogens (tertiary/aromatic N) is 4. The minimum Gasteiger partial charge on any atom is -0.240 e. The summed E-state index contributed by atoms with van der Waals surface area (Å²) in [4.78, 5) is 19.3. The third kappa shape index (κ3) is 4.05. The average molecular weight is 583 g/mol. The van der Waals surface area contributed by atoms with Gasteiger partial charge in [-0.3, -0.25) is 0 Å². The van der Waals surface area contributed by atoms with Crippen LogP contribution in [0.3, 0.4) is 0 Å². The molecule has 214 valence electrons. The topological polar surface area (TPSA) is 51.6 Å². The van der Waals surface area contributed by atoms with Crippen molar-refractivity contribution in [3.05, 3.63) is 71.9 Å². The third-order valence-electron chi connectivity index (χ3n) is 12.8. The predicted octanol–water partition coefficient (Wildman–Crippen LogP) is 8.06. The van der Waals surface area contributed by atoms with Gasteiger partial charge in [0.15, 0.2) is 0 Å². The zero-order valence-electron chi connectivity index (χ0n) is 24.3. The summed E-state index contributed by atoms with van der Waals surface area (Å²) < 4.78 is 0. The van der Waals surface area contributed by atoms with Gasteiger partial charge in [0.05, 0.1) is 0 Å². The van der Waals surface area contributed by atoms with E-state index in [1.54, 1.807) is 82.6 Å². The van der Waals surface area contributed by atoms with Gasteiger partial charge in [-0.1, -0.05) is 20.1 Å². The first-order valence-electron chi connectivity index (χ1n) is 16.5. The molecule has 0 radical (unpaired) electrons. The second-order valence-corrected chi connectivity index (χ2v) is 19.4. The minimum absolute atomic E-state index is 0.131. The Morgan fingerprint density at radius 2 is 1.05 bits per heavy atom. The van der Waals surface area contributed by atoms with Crippen LogP contribution < -0.4 is 0 Å². The fraction of sp³-hybridized carbons (Fsp3) is 0.657. The molecule has 1 unspecified atom stereocenters. The van der Waals surface area contributed by atoms with Crippen LogP contribution in [0.5, 0.6) is 0 Å². The Labute approximate surface area is 249 Å². The van der Waals surface area contributed by atoms with Crippen LogP contribution in [0.2, 0.25) is 0 Å². The van der Waals surface area contributed by atoms with E-state index in [1.807, 2.05) is 36.9 Å². The second kappa shape index (κ2) is 9.50. The van der Waals surface area contributed by atoms with Gasteiger partial charge in [0.1, 0.15) is 16.8 Å². The van der Waals surface area contributed by atoms with Gasteiger partial charge in [-0.2, -0.15) is 0 Å². The molecule has 0 saturated heterocycles. The van der Waals surface area contributed by atoms with Crippen molar-refractivity contribution in [2.45, 2.75) is 98.9 Å². The van der Waals surface area contributed by atoms with E-state index >= 15 is 0 Å². The summed E-state index contributed by atoms with van der Waals surface area (Å²) in [6, 6.07) is 3.84. The lowest BCUT2D eigenvalue weighted by atomic mass is 9.55. The maximum absolute atomic E-state index is 4.83. The molecule has 1 atom stereocenters. The van der Waals surface area contributed by atoms with Crippen molar-refractivity contribution in [3.8, 4) is 0 Å². The molecular weight excluding hydrogens is 538 g/mol. The quantitative estimate of drug-likeness (QED) is 0.310. The van der Waals surface area contributed by atoms with E-state index in [9.17, 15) is 0 Å². The molecule has 2 heterocycles. The fourth-order valence-corrected chi connectivity index (χ4v) is 18.1. The van der Waals surface area contributed by atoms with Crippen molar-refractivity contribution < 1.29 is 0 Å². The van der Waals surface area contributed by atoms with Crippen LogP contribution in [0, 0.1) is 35.5 Å². The molecule has 0 aliphatic heterocycles. The van der Waals surface area contributed by atoms with Gasteiger partial charge in [-0.05, 0) is 159 Å². The number of aromatic nitrogens is 4. The molecule has 0 spiro atoms. The van der Waals surface area contributed by atoms with Gasteiger partial charge >= 0.3 is 0 Å². The van der Waals surface area contributed by atoms with Crippen molar-refractivity contribution in [1.29, 1.82) is 0 Å². The van der Waals surface area contributed by atoms with Crippen LogP contribution in [-0.4, -0.2) is 36.4 Å². The summed E-state index contributed by atoms with van der Waals surface area (Å²) in [5.74, 6) is 7.72. The number of hydrogen-bond donors (Lipinski definition) is 0. The highest BCUT2D eigenvalue weighted by Gasteiger charge is 2.62. The van der Waals surface area contributed by atoms with E-state index in [4.69, 9.17) is 19.9 Å². The van der Waals surface area contributed by atoms with Crippen LogP contribution in [0.15, 0.2) is 60.2 Å². The normalized spacial score (nSPS) is 41.0. The monoisotopic (exact) mass is 582 g/mol. The van der Waals surface area contributed by atoms with Crippen LogP contribution >= 0.6 is 17.2 Å². The fourth-order valence-electron chi connectivity index (χ4n) is 12.3. The molecule has 41 heavy (non-hydrogen) atoms. The minimum atomic E-state index is -0.592. The molecule has 11 rings (SSSR count). The van der Waals surface area contributed by atoms with E-state index in [2.05, 4.69) is 21.4 Å². The van der Waals surface area contributed by atoms with Crippen molar-refractivity contribution in [2.75, 3.05) is 6.16 Å².